The molecular weight excluding hydrogens is 200 g/mol. The first-order valence-corrected chi connectivity index (χ1v) is 5.25. The zero-order valence-electron chi connectivity index (χ0n) is 6.39. The first-order chi connectivity index (χ1) is 5.32. The number of hydrogen-bond donors (Lipinski definition) is 0. The molecule has 0 N–H and O–H groups in total. The van der Waals surface area contributed by atoms with Crippen LogP contribution in [-0.2, 0) is 0 Å². The van der Waals surface area contributed by atoms with Crippen molar-refractivity contribution in [2.75, 3.05) is 0 Å². The SMILES string of the molecule is BrC1[C@]23C=CC=C[C@@]12CCC3. The molecule has 3 aliphatic rings. The highest BCUT2D eigenvalue weighted by atomic mass is 79.9. The number of alkyl halides is 1. The molecule has 0 aromatic rings. The number of rotatable bonds is 0. The number of halogens is 1. The van der Waals surface area contributed by atoms with Crippen LogP contribution in [0.2, 0.25) is 0 Å². The van der Waals surface area contributed by atoms with Crippen molar-refractivity contribution in [2.45, 2.75) is 24.1 Å². The average Bonchev–Trinajstić information content (AvgIpc) is 2.44. The van der Waals surface area contributed by atoms with Gasteiger partial charge in [-0.1, -0.05) is 46.7 Å². The monoisotopic (exact) mass is 210 g/mol. The fourth-order valence-electron chi connectivity index (χ4n) is 3.09. The minimum absolute atomic E-state index is 0.543. The largest absolute Gasteiger partial charge is 0.0871 e. The summed E-state index contributed by atoms with van der Waals surface area (Å²) in [6.07, 6.45) is 13.5. The van der Waals surface area contributed by atoms with Crippen LogP contribution in [0.3, 0.4) is 0 Å². The maximum absolute atomic E-state index is 3.80. The van der Waals surface area contributed by atoms with Gasteiger partial charge in [0.25, 0.3) is 0 Å². The highest BCUT2D eigenvalue weighted by molar-refractivity contribution is 9.09. The van der Waals surface area contributed by atoms with Gasteiger partial charge in [-0.3, -0.25) is 0 Å². The van der Waals surface area contributed by atoms with Crippen LogP contribution in [0.1, 0.15) is 19.3 Å². The first-order valence-electron chi connectivity index (χ1n) is 4.33. The fourth-order valence-corrected chi connectivity index (χ4v) is 4.57. The van der Waals surface area contributed by atoms with E-state index in [0.29, 0.717) is 10.8 Å². The third-order valence-corrected chi connectivity index (χ3v) is 5.40. The minimum Gasteiger partial charge on any atom is -0.0871 e. The number of hydrogen-bond acceptors (Lipinski definition) is 0. The molecule has 2 fully saturated rings. The van der Waals surface area contributed by atoms with Crippen LogP contribution < -0.4 is 0 Å². The van der Waals surface area contributed by atoms with Crippen LogP contribution in [0.15, 0.2) is 24.3 Å². The standard InChI is InChI=1S/C10H11Br/c11-8-9-4-1-2-5-10(8,9)7-3-6-9/h1-2,4-5,8H,3,6-7H2/t9-,10-/m1/s1. The molecule has 0 heterocycles. The summed E-state index contributed by atoms with van der Waals surface area (Å²) in [6, 6.07) is 0. The Kier molecular flexibility index (Phi) is 0.976. The molecule has 0 aromatic heterocycles. The first kappa shape index (κ1) is 6.47. The third-order valence-electron chi connectivity index (χ3n) is 3.77. The van der Waals surface area contributed by atoms with Crippen molar-refractivity contribution in [1.29, 1.82) is 0 Å². The molecule has 0 spiro atoms. The van der Waals surface area contributed by atoms with Crippen LogP contribution in [0.5, 0.6) is 0 Å². The molecule has 0 unspecified atom stereocenters. The van der Waals surface area contributed by atoms with Crippen LogP contribution in [0.4, 0.5) is 0 Å². The molecule has 0 radical (unpaired) electrons. The Balaban J connectivity index is 2.15. The van der Waals surface area contributed by atoms with E-state index in [1.807, 2.05) is 0 Å². The van der Waals surface area contributed by atoms with Crippen molar-refractivity contribution in [1.82, 2.24) is 0 Å². The topological polar surface area (TPSA) is 0 Å². The normalized spacial score (nSPS) is 57.4. The van der Waals surface area contributed by atoms with Gasteiger partial charge in [0, 0.05) is 15.7 Å². The Morgan fingerprint density at radius 2 is 1.64 bits per heavy atom. The van der Waals surface area contributed by atoms with E-state index in [1.54, 1.807) is 0 Å². The zero-order chi connectivity index (χ0) is 7.53. The van der Waals surface area contributed by atoms with E-state index in [2.05, 4.69) is 40.2 Å². The Bertz CT molecular complexity index is 240. The quantitative estimate of drug-likeness (QED) is 0.540. The molecule has 2 atom stereocenters. The second-order valence-corrected chi connectivity index (χ2v) is 4.93. The van der Waals surface area contributed by atoms with Crippen LogP contribution in [-0.4, -0.2) is 4.83 Å². The van der Waals surface area contributed by atoms with Gasteiger partial charge in [0.2, 0.25) is 0 Å². The lowest BCUT2D eigenvalue weighted by Gasteiger charge is -2.11. The van der Waals surface area contributed by atoms with E-state index < -0.39 is 0 Å². The summed E-state index contributed by atoms with van der Waals surface area (Å²) in [7, 11) is 0. The van der Waals surface area contributed by atoms with Crippen molar-refractivity contribution < 1.29 is 0 Å². The average molecular weight is 211 g/mol. The summed E-state index contributed by atoms with van der Waals surface area (Å²) in [5, 5.41) is 0. The summed E-state index contributed by atoms with van der Waals surface area (Å²) in [4.78, 5) is 0.742. The highest BCUT2D eigenvalue weighted by Gasteiger charge is 2.74. The van der Waals surface area contributed by atoms with Crippen molar-refractivity contribution in [2.24, 2.45) is 10.8 Å². The van der Waals surface area contributed by atoms with Gasteiger partial charge in [0.05, 0.1) is 0 Å². The molecule has 58 valence electrons. The van der Waals surface area contributed by atoms with Gasteiger partial charge >= 0.3 is 0 Å². The smallest absolute Gasteiger partial charge is 0.0345 e. The van der Waals surface area contributed by atoms with Crippen LogP contribution in [0.25, 0.3) is 0 Å². The second kappa shape index (κ2) is 1.66. The predicted molar refractivity (Wildman–Crippen MR) is 49.7 cm³/mol. The second-order valence-electron chi connectivity index (χ2n) is 4.02. The lowest BCUT2D eigenvalue weighted by atomic mass is 9.92. The van der Waals surface area contributed by atoms with Gasteiger partial charge in [-0.05, 0) is 12.8 Å². The van der Waals surface area contributed by atoms with Gasteiger partial charge < -0.3 is 0 Å². The molecule has 3 rings (SSSR count). The predicted octanol–water partition coefficient (Wildman–Crippen LogP) is 3.05. The summed E-state index contributed by atoms with van der Waals surface area (Å²) in [5.41, 5.74) is 1.09. The molecule has 3 aliphatic carbocycles. The van der Waals surface area contributed by atoms with Crippen molar-refractivity contribution in [3.8, 4) is 0 Å². The molecule has 0 amide bonds. The van der Waals surface area contributed by atoms with Gasteiger partial charge in [0.15, 0.2) is 0 Å². The van der Waals surface area contributed by atoms with Crippen LogP contribution in [0, 0.1) is 10.8 Å². The Morgan fingerprint density at radius 1 is 1.09 bits per heavy atom. The van der Waals surface area contributed by atoms with Crippen molar-refractivity contribution in [3.05, 3.63) is 24.3 Å². The maximum atomic E-state index is 3.80. The van der Waals surface area contributed by atoms with E-state index >= 15 is 0 Å². The summed E-state index contributed by atoms with van der Waals surface area (Å²) in [6.45, 7) is 0. The van der Waals surface area contributed by atoms with Gasteiger partial charge in [0.1, 0.15) is 0 Å². The van der Waals surface area contributed by atoms with E-state index in [9.17, 15) is 0 Å². The number of allylic oxidation sites excluding steroid dienone is 4. The van der Waals surface area contributed by atoms with Crippen molar-refractivity contribution in [3.63, 3.8) is 0 Å². The highest BCUT2D eigenvalue weighted by Crippen LogP contribution is 2.78. The zero-order valence-corrected chi connectivity index (χ0v) is 7.97. The van der Waals surface area contributed by atoms with E-state index in [1.165, 1.54) is 19.3 Å². The van der Waals surface area contributed by atoms with Crippen molar-refractivity contribution >= 4 is 15.9 Å². The molecule has 2 saturated carbocycles. The van der Waals surface area contributed by atoms with Gasteiger partial charge in [-0.15, -0.1) is 0 Å². The van der Waals surface area contributed by atoms with Crippen LogP contribution >= 0.6 is 15.9 Å². The Morgan fingerprint density at radius 3 is 2.18 bits per heavy atom. The van der Waals surface area contributed by atoms with E-state index in [0.717, 1.165) is 4.83 Å². The summed E-state index contributed by atoms with van der Waals surface area (Å²) < 4.78 is 0. The Hall–Kier alpha value is -0.0400. The summed E-state index contributed by atoms with van der Waals surface area (Å²) in [5.74, 6) is 0. The molecule has 11 heavy (non-hydrogen) atoms. The summed E-state index contributed by atoms with van der Waals surface area (Å²) >= 11 is 3.80. The molecule has 0 bridgehead atoms. The Labute approximate surface area is 75.5 Å². The molecule has 0 aliphatic heterocycles. The van der Waals surface area contributed by atoms with Gasteiger partial charge in [-0.25, -0.2) is 0 Å². The third kappa shape index (κ3) is 0.488. The van der Waals surface area contributed by atoms with Gasteiger partial charge in [-0.2, -0.15) is 0 Å². The lowest BCUT2D eigenvalue weighted by Crippen LogP contribution is -2.03. The molecule has 0 nitrogen and oxygen atoms in total. The van der Waals surface area contributed by atoms with E-state index in [4.69, 9.17) is 0 Å². The molecule has 1 heteroatoms. The molecular formula is C10H11Br. The fraction of sp³-hybridized carbons (Fsp3) is 0.600. The molecule has 0 aromatic carbocycles. The lowest BCUT2D eigenvalue weighted by molar-refractivity contribution is 0.552. The minimum atomic E-state index is 0.543. The maximum Gasteiger partial charge on any atom is 0.0345 e. The molecule has 0 saturated heterocycles. The van der Waals surface area contributed by atoms with E-state index in [-0.39, 0.29) is 0 Å².